The summed E-state index contributed by atoms with van der Waals surface area (Å²) in [6.07, 6.45) is 1.03. The number of hydrogen-bond donors (Lipinski definition) is 1. The lowest BCUT2D eigenvalue weighted by molar-refractivity contribution is 0.953. The summed E-state index contributed by atoms with van der Waals surface area (Å²) in [4.78, 5) is 8.31. The molecular formula is C18H17N3. The van der Waals surface area contributed by atoms with Crippen LogP contribution in [0.15, 0.2) is 48.5 Å². The number of hydrogen-bond acceptors (Lipinski definition) is 1. The number of aromatic amines is 1. The standard InChI is InChI=1S/C18H17N3/c1-3-12-7-6-8-13-11-15(19-17(12)13)18-20-14-9-4-5-10-16(14)21(18)2/h4-11,19H,3H2,1-2H3. The summed E-state index contributed by atoms with van der Waals surface area (Å²) < 4.78 is 2.14. The molecule has 2 aromatic carbocycles. The number of fused-ring (bicyclic) bond motifs is 2. The number of aromatic nitrogens is 3. The van der Waals surface area contributed by atoms with Crippen LogP contribution >= 0.6 is 0 Å². The third-order valence-electron chi connectivity index (χ3n) is 4.15. The molecule has 0 aliphatic heterocycles. The first-order valence-corrected chi connectivity index (χ1v) is 7.30. The van der Waals surface area contributed by atoms with Gasteiger partial charge in [-0.15, -0.1) is 0 Å². The third kappa shape index (κ3) is 1.77. The molecule has 3 heteroatoms. The van der Waals surface area contributed by atoms with Gasteiger partial charge in [0.1, 0.15) is 0 Å². The second kappa shape index (κ2) is 4.48. The van der Waals surface area contributed by atoms with Crippen molar-refractivity contribution in [3.8, 4) is 11.5 Å². The van der Waals surface area contributed by atoms with Crippen LogP contribution in [0.4, 0.5) is 0 Å². The smallest absolute Gasteiger partial charge is 0.157 e. The van der Waals surface area contributed by atoms with Crippen LogP contribution < -0.4 is 0 Å². The zero-order valence-corrected chi connectivity index (χ0v) is 12.2. The van der Waals surface area contributed by atoms with Gasteiger partial charge in [-0.1, -0.05) is 37.3 Å². The van der Waals surface area contributed by atoms with E-state index in [2.05, 4.69) is 59.9 Å². The largest absolute Gasteiger partial charge is 0.352 e. The van der Waals surface area contributed by atoms with Gasteiger partial charge >= 0.3 is 0 Å². The Morgan fingerprint density at radius 2 is 1.95 bits per heavy atom. The third-order valence-corrected chi connectivity index (χ3v) is 4.15. The van der Waals surface area contributed by atoms with Gasteiger partial charge in [0.2, 0.25) is 0 Å². The summed E-state index contributed by atoms with van der Waals surface area (Å²) in [5.41, 5.74) is 5.83. The van der Waals surface area contributed by atoms with Crippen LogP contribution in [-0.4, -0.2) is 14.5 Å². The fraction of sp³-hybridized carbons (Fsp3) is 0.167. The second-order valence-corrected chi connectivity index (χ2v) is 5.40. The minimum Gasteiger partial charge on any atom is -0.352 e. The van der Waals surface area contributed by atoms with Crippen LogP contribution in [0.2, 0.25) is 0 Å². The molecule has 0 aliphatic rings. The summed E-state index contributed by atoms with van der Waals surface area (Å²) >= 11 is 0. The maximum absolute atomic E-state index is 4.76. The van der Waals surface area contributed by atoms with Crippen LogP contribution in [0.1, 0.15) is 12.5 Å². The fourth-order valence-electron chi connectivity index (χ4n) is 3.02. The molecule has 4 aromatic rings. The van der Waals surface area contributed by atoms with Crippen LogP contribution in [0, 0.1) is 0 Å². The number of nitrogens with zero attached hydrogens (tertiary/aromatic N) is 2. The van der Waals surface area contributed by atoms with E-state index in [4.69, 9.17) is 4.98 Å². The first-order valence-electron chi connectivity index (χ1n) is 7.30. The minimum absolute atomic E-state index is 0.981. The van der Waals surface area contributed by atoms with Crippen LogP contribution in [0.5, 0.6) is 0 Å². The lowest BCUT2D eigenvalue weighted by Gasteiger charge is -2.00. The minimum atomic E-state index is 0.981. The van der Waals surface area contributed by atoms with Gasteiger partial charge in [-0.25, -0.2) is 4.98 Å². The predicted molar refractivity (Wildman–Crippen MR) is 87.4 cm³/mol. The number of benzene rings is 2. The molecule has 0 bridgehead atoms. The lowest BCUT2D eigenvalue weighted by atomic mass is 10.1. The molecule has 0 fully saturated rings. The van der Waals surface area contributed by atoms with E-state index in [0.717, 1.165) is 29.0 Å². The number of para-hydroxylation sites is 3. The Hall–Kier alpha value is -2.55. The van der Waals surface area contributed by atoms with Crippen molar-refractivity contribution in [3.05, 3.63) is 54.1 Å². The lowest BCUT2D eigenvalue weighted by Crippen LogP contribution is -1.92. The predicted octanol–water partition coefficient (Wildman–Crippen LogP) is 4.28. The Labute approximate surface area is 123 Å². The molecule has 0 unspecified atom stereocenters. The van der Waals surface area contributed by atoms with E-state index in [9.17, 15) is 0 Å². The van der Waals surface area contributed by atoms with Gasteiger partial charge in [0, 0.05) is 18.0 Å². The molecule has 0 spiro atoms. The maximum atomic E-state index is 4.76. The molecule has 2 aromatic heterocycles. The van der Waals surface area contributed by atoms with Gasteiger partial charge in [-0.3, -0.25) is 0 Å². The molecule has 2 heterocycles. The first kappa shape index (κ1) is 12.2. The van der Waals surface area contributed by atoms with Crippen molar-refractivity contribution in [2.75, 3.05) is 0 Å². The average molecular weight is 275 g/mol. The molecule has 0 aliphatic carbocycles. The SMILES string of the molecule is CCc1cccc2cc(-c3nc4ccccc4n3C)[nH]c12. The van der Waals surface area contributed by atoms with Crippen molar-refractivity contribution in [2.45, 2.75) is 13.3 Å². The van der Waals surface area contributed by atoms with Crippen molar-refractivity contribution < 1.29 is 0 Å². The van der Waals surface area contributed by atoms with Crippen LogP contribution in [0.25, 0.3) is 33.5 Å². The zero-order chi connectivity index (χ0) is 14.4. The van der Waals surface area contributed by atoms with Gasteiger partial charge in [0.05, 0.1) is 16.7 Å². The summed E-state index contributed by atoms with van der Waals surface area (Å²) in [6.45, 7) is 2.18. The molecule has 0 saturated carbocycles. The maximum Gasteiger partial charge on any atom is 0.157 e. The molecule has 3 nitrogen and oxygen atoms in total. The molecule has 21 heavy (non-hydrogen) atoms. The fourth-order valence-corrected chi connectivity index (χ4v) is 3.02. The monoisotopic (exact) mass is 275 g/mol. The highest BCUT2D eigenvalue weighted by atomic mass is 15.1. The van der Waals surface area contributed by atoms with Gasteiger partial charge in [-0.2, -0.15) is 0 Å². The highest BCUT2D eigenvalue weighted by molar-refractivity contribution is 5.89. The zero-order valence-electron chi connectivity index (χ0n) is 12.2. The molecule has 0 radical (unpaired) electrons. The normalized spacial score (nSPS) is 11.5. The van der Waals surface area contributed by atoms with Gasteiger partial charge in [-0.05, 0) is 30.2 Å². The molecule has 4 rings (SSSR count). The van der Waals surface area contributed by atoms with E-state index in [1.165, 1.54) is 16.5 Å². The number of imidazole rings is 1. The van der Waals surface area contributed by atoms with Gasteiger partial charge in [0.25, 0.3) is 0 Å². The molecule has 1 N–H and O–H groups in total. The Morgan fingerprint density at radius 1 is 1.10 bits per heavy atom. The highest BCUT2D eigenvalue weighted by Crippen LogP contribution is 2.28. The van der Waals surface area contributed by atoms with E-state index in [1.807, 2.05) is 12.1 Å². The van der Waals surface area contributed by atoms with E-state index in [-0.39, 0.29) is 0 Å². The number of aryl methyl sites for hydroxylation is 2. The van der Waals surface area contributed by atoms with Crippen molar-refractivity contribution in [1.29, 1.82) is 0 Å². The van der Waals surface area contributed by atoms with Gasteiger partial charge in [0.15, 0.2) is 5.82 Å². The van der Waals surface area contributed by atoms with Crippen molar-refractivity contribution >= 4 is 21.9 Å². The van der Waals surface area contributed by atoms with Gasteiger partial charge < -0.3 is 9.55 Å². The van der Waals surface area contributed by atoms with Crippen molar-refractivity contribution in [1.82, 2.24) is 14.5 Å². The van der Waals surface area contributed by atoms with Crippen LogP contribution in [-0.2, 0) is 13.5 Å². The van der Waals surface area contributed by atoms with E-state index in [0.29, 0.717) is 0 Å². The van der Waals surface area contributed by atoms with E-state index < -0.39 is 0 Å². The molecule has 0 saturated heterocycles. The van der Waals surface area contributed by atoms with Crippen molar-refractivity contribution in [3.63, 3.8) is 0 Å². The second-order valence-electron chi connectivity index (χ2n) is 5.40. The quantitative estimate of drug-likeness (QED) is 0.582. The molecular weight excluding hydrogens is 258 g/mol. The Bertz CT molecular complexity index is 944. The molecule has 104 valence electrons. The van der Waals surface area contributed by atoms with Crippen LogP contribution in [0.3, 0.4) is 0 Å². The Morgan fingerprint density at radius 3 is 2.76 bits per heavy atom. The van der Waals surface area contributed by atoms with E-state index in [1.54, 1.807) is 0 Å². The Kier molecular flexibility index (Phi) is 2.61. The number of H-pyrrole nitrogens is 1. The molecule has 0 amide bonds. The average Bonchev–Trinajstić information content (AvgIpc) is 3.08. The summed E-state index contributed by atoms with van der Waals surface area (Å²) in [5, 5.41) is 1.25. The number of nitrogens with one attached hydrogen (secondary N) is 1. The topological polar surface area (TPSA) is 33.6 Å². The van der Waals surface area contributed by atoms with E-state index >= 15 is 0 Å². The van der Waals surface area contributed by atoms with Crippen molar-refractivity contribution in [2.24, 2.45) is 7.05 Å². The summed E-state index contributed by atoms with van der Waals surface area (Å²) in [7, 11) is 2.07. The Balaban J connectivity index is 1.98. The number of rotatable bonds is 2. The summed E-state index contributed by atoms with van der Waals surface area (Å²) in [6, 6.07) is 16.9. The molecule has 0 atom stereocenters. The first-order chi connectivity index (χ1) is 10.3. The highest BCUT2D eigenvalue weighted by Gasteiger charge is 2.12. The summed E-state index contributed by atoms with van der Waals surface area (Å²) in [5.74, 6) is 0.981.